The van der Waals surface area contributed by atoms with Crippen LogP contribution in [0.1, 0.15) is 50.4 Å². The van der Waals surface area contributed by atoms with Crippen LogP contribution in [-0.2, 0) is 0 Å². The fraction of sp³-hybridized carbons (Fsp3) is 0.471. The van der Waals surface area contributed by atoms with Gasteiger partial charge in [0.1, 0.15) is 5.75 Å². The van der Waals surface area contributed by atoms with E-state index in [0.717, 1.165) is 35.1 Å². The van der Waals surface area contributed by atoms with E-state index in [9.17, 15) is 4.79 Å². The van der Waals surface area contributed by atoms with Crippen molar-refractivity contribution in [3.63, 3.8) is 0 Å². The van der Waals surface area contributed by atoms with E-state index in [1.54, 1.807) is 0 Å². The van der Waals surface area contributed by atoms with Crippen molar-refractivity contribution >= 4 is 16.7 Å². The first-order chi connectivity index (χ1) is 9.67. The smallest absolute Gasteiger partial charge is 0.165 e. The lowest BCUT2D eigenvalue weighted by atomic mass is 9.97. The van der Waals surface area contributed by atoms with Crippen LogP contribution in [0.2, 0.25) is 0 Å². The number of fused-ring (bicyclic) bond motifs is 1. The first-order valence-corrected chi connectivity index (χ1v) is 7.43. The number of carbonyl (C=O) groups excluding carboxylic acids is 1. The van der Waals surface area contributed by atoms with Crippen LogP contribution in [0.15, 0.2) is 24.4 Å². The third-order valence-electron chi connectivity index (χ3n) is 3.66. The fourth-order valence-electron chi connectivity index (χ4n) is 2.27. The highest BCUT2D eigenvalue weighted by molar-refractivity contribution is 6.10. The van der Waals surface area contributed by atoms with Gasteiger partial charge >= 0.3 is 0 Å². The van der Waals surface area contributed by atoms with Gasteiger partial charge in [0.25, 0.3) is 0 Å². The zero-order valence-corrected chi connectivity index (χ0v) is 12.5. The number of H-pyrrole nitrogens is 1. The molecule has 0 aliphatic heterocycles. The second kappa shape index (κ2) is 6.60. The SMILES string of the molecule is CCCOc1cccc2[nH]cc(C(=O)CC(C)CC)c12. The molecule has 1 aromatic carbocycles. The molecular formula is C17H23NO2. The molecular weight excluding hydrogens is 250 g/mol. The summed E-state index contributed by atoms with van der Waals surface area (Å²) in [4.78, 5) is 15.6. The number of aromatic nitrogens is 1. The van der Waals surface area contributed by atoms with Crippen molar-refractivity contribution < 1.29 is 9.53 Å². The normalized spacial score (nSPS) is 12.6. The zero-order valence-electron chi connectivity index (χ0n) is 12.5. The van der Waals surface area contributed by atoms with Crippen molar-refractivity contribution in [2.75, 3.05) is 6.61 Å². The number of benzene rings is 1. The summed E-state index contributed by atoms with van der Waals surface area (Å²) in [6.45, 7) is 6.97. The molecule has 0 fully saturated rings. The summed E-state index contributed by atoms with van der Waals surface area (Å²) < 4.78 is 5.78. The molecule has 3 heteroatoms. The van der Waals surface area contributed by atoms with Crippen molar-refractivity contribution in [1.29, 1.82) is 0 Å². The number of rotatable bonds is 7. The number of ether oxygens (including phenoxy) is 1. The van der Waals surface area contributed by atoms with Gasteiger partial charge in [-0.15, -0.1) is 0 Å². The van der Waals surface area contributed by atoms with Gasteiger partial charge in [0, 0.05) is 23.7 Å². The number of carbonyl (C=O) groups is 1. The van der Waals surface area contributed by atoms with Crippen LogP contribution in [0.5, 0.6) is 5.75 Å². The molecule has 0 spiro atoms. The molecule has 1 N–H and O–H groups in total. The fourth-order valence-corrected chi connectivity index (χ4v) is 2.27. The van der Waals surface area contributed by atoms with Crippen molar-refractivity contribution in [2.45, 2.75) is 40.0 Å². The Morgan fingerprint density at radius 1 is 1.35 bits per heavy atom. The average Bonchev–Trinajstić information content (AvgIpc) is 2.89. The van der Waals surface area contributed by atoms with Crippen molar-refractivity contribution in [3.05, 3.63) is 30.0 Å². The van der Waals surface area contributed by atoms with Crippen LogP contribution in [0.3, 0.4) is 0 Å². The maximum absolute atomic E-state index is 12.4. The van der Waals surface area contributed by atoms with Crippen molar-refractivity contribution in [1.82, 2.24) is 4.98 Å². The Morgan fingerprint density at radius 3 is 2.85 bits per heavy atom. The largest absolute Gasteiger partial charge is 0.493 e. The quantitative estimate of drug-likeness (QED) is 0.750. The lowest BCUT2D eigenvalue weighted by Crippen LogP contribution is -2.05. The van der Waals surface area contributed by atoms with Crippen LogP contribution in [0.4, 0.5) is 0 Å². The minimum atomic E-state index is 0.193. The van der Waals surface area contributed by atoms with Gasteiger partial charge in [0.15, 0.2) is 5.78 Å². The van der Waals surface area contributed by atoms with Crippen molar-refractivity contribution in [3.8, 4) is 5.75 Å². The van der Waals surface area contributed by atoms with Gasteiger partial charge < -0.3 is 9.72 Å². The molecule has 1 heterocycles. The lowest BCUT2D eigenvalue weighted by Gasteiger charge is -2.09. The van der Waals surface area contributed by atoms with Gasteiger partial charge in [-0.1, -0.05) is 33.3 Å². The number of nitrogens with one attached hydrogen (secondary N) is 1. The molecule has 0 radical (unpaired) electrons. The Hall–Kier alpha value is -1.77. The average molecular weight is 273 g/mol. The Balaban J connectivity index is 2.36. The van der Waals surface area contributed by atoms with E-state index < -0.39 is 0 Å². The number of hydrogen-bond acceptors (Lipinski definition) is 2. The molecule has 1 unspecified atom stereocenters. The van der Waals surface area contributed by atoms with Gasteiger partial charge in [-0.05, 0) is 24.5 Å². The summed E-state index contributed by atoms with van der Waals surface area (Å²) in [6.07, 6.45) is 4.38. The molecule has 0 aliphatic rings. The maximum atomic E-state index is 12.4. The van der Waals surface area contributed by atoms with Gasteiger partial charge in [0.2, 0.25) is 0 Å². The summed E-state index contributed by atoms with van der Waals surface area (Å²) in [6, 6.07) is 5.87. The predicted molar refractivity (Wildman–Crippen MR) is 82.5 cm³/mol. The molecule has 0 amide bonds. The highest BCUT2D eigenvalue weighted by Gasteiger charge is 2.17. The Bertz CT molecular complexity index is 586. The second-order valence-electron chi connectivity index (χ2n) is 5.37. The molecule has 1 atom stereocenters. The minimum Gasteiger partial charge on any atom is -0.493 e. The van der Waals surface area contributed by atoms with Crippen molar-refractivity contribution in [2.24, 2.45) is 5.92 Å². The second-order valence-corrected chi connectivity index (χ2v) is 5.37. The minimum absolute atomic E-state index is 0.193. The van der Waals surface area contributed by atoms with E-state index in [1.807, 2.05) is 24.4 Å². The first kappa shape index (κ1) is 14.6. The summed E-state index contributed by atoms with van der Waals surface area (Å²) >= 11 is 0. The number of hydrogen-bond donors (Lipinski definition) is 1. The van der Waals surface area contributed by atoms with E-state index in [0.29, 0.717) is 18.9 Å². The molecule has 0 bridgehead atoms. The molecule has 0 saturated heterocycles. The van der Waals surface area contributed by atoms with Gasteiger partial charge in [-0.25, -0.2) is 0 Å². The highest BCUT2D eigenvalue weighted by Crippen LogP contribution is 2.30. The molecule has 3 nitrogen and oxygen atoms in total. The van der Waals surface area contributed by atoms with Gasteiger partial charge in [-0.3, -0.25) is 4.79 Å². The molecule has 1 aromatic heterocycles. The third-order valence-corrected chi connectivity index (χ3v) is 3.66. The lowest BCUT2D eigenvalue weighted by molar-refractivity contribution is 0.0965. The number of ketones is 1. The van der Waals surface area contributed by atoms with Gasteiger partial charge in [0.05, 0.1) is 12.0 Å². The monoisotopic (exact) mass is 273 g/mol. The summed E-state index contributed by atoms with van der Waals surface area (Å²) in [7, 11) is 0. The van der Waals surface area contributed by atoms with E-state index >= 15 is 0 Å². The topological polar surface area (TPSA) is 42.1 Å². The van der Waals surface area contributed by atoms with Crippen LogP contribution in [0, 0.1) is 5.92 Å². The number of Topliss-reactive ketones (excluding diaryl/α,β-unsaturated/α-hetero) is 1. The van der Waals surface area contributed by atoms with Crippen LogP contribution in [0.25, 0.3) is 10.9 Å². The first-order valence-electron chi connectivity index (χ1n) is 7.43. The summed E-state index contributed by atoms with van der Waals surface area (Å²) in [5.41, 5.74) is 1.72. The standard InChI is InChI=1S/C17H23NO2/c1-4-9-20-16-8-6-7-14-17(16)13(11-18-14)15(19)10-12(3)5-2/h6-8,11-12,18H,4-5,9-10H2,1-3H3. The third kappa shape index (κ3) is 3.03. The molecule has 0 aliphatic carbocycles. The number of aromatic amines is 1. The van der Waals surface area contributed by atoms with Crippen LogP contribution >= 0.6 is 0 Å². The van der Waals surface area contributed by atoms with Crippen LogP contribution < -0.4 is 4.74 Å². The molecule has 2 aromatic rings. The molecule has 108 valence electrons. The molecule has 0 saturated carbocycles. The Kier molecular flexibility index (Phi) is 4.83. The van der Waals surface area contributed by atoms with E-state index in [2.05, 4.69) is 25.8 Å². The Labute approximate surface area is 120 Å². The predicted octanol–water partition coefficient (Wildman–Crippen LogP) is 4.58. The molecule has 2 rings (SSSR count). The van der Waals surface area contributed by atoms with E-state index in [4.69, 9.17) is 4.74 Å². The van der Waals surface area contributed by atoms with E-state index in [1.165, 1.54) is 0 Å². The highest BCUT2D eigenvalue weighted by atomic mass is 16.5. The van der Waals surface area contributed by atoms with Gasteiger partial charge in [-0.2, -0.15) is 0 Å². The van der Waals surface area contributed by atoms with Crippen LogP contribution in [-0.4, -0.2) is 17.4 Å². The van der Waals surface area contributed by atoms with E-state index in [-0.39, 0.29) is 5.78 Å². The summed E-state index contributed by atoms with van der Waals surface area (Å²) in [5, 5.41) is 0.925. The zero-order chi connectivity index (χ0) is 14.5. The maximum Gasteiger partial charge on any atom is 0.165 e. The molecule has 20 heavy (non-hydrogen) atoms. The summed E-state index contributed by atoms with van der Waals surface area (Å²) in [5.74, 6) is 1.41. The Morgan fingerprint density at radius 2 is 2.15 bits per heavy atom.